The van der Waals surface area contributed by atoms with Crippen molar-refractivity contribution in [1.29, 1.82) is 0 Å². The van der Waals surface area contributed by atoms with Crippen LogP contribution in [0.2, 0.25) is 10.0 Å². The summed E-state index contributed by atoms with van der Waals surface area (Å²) in [6.07, 6.45) is -0.632. The van der Waals surface area contributed by atoms with Gasteiger partial charge < -0.3 is 21.5 Å². The molecule has 0 aliphatic heterocycles. The Hall–Kier alpha value is -2.87. The molecule has 31 heavy (non-hydrogen) atoms. The number of nitrogen functional groups attached to an aromatic ring is 2. The Labute approximate surface area is 196 Å². The minimum atomic E-state index is -0.632. The van der Waals surface area contributed by atoms with E-state index in [0.29, 0.717) is 15.7 Å². The van der Waals surface area contributed by atoms with Gasteiger partial charge in [-0.05, 0) is 42.3 Å². The molecule has 164 valence electrons. The van der Waals surface area contributed by atoms with Crippen LogP contribution in [-0.2, 0) is 4.74 Å². The number of halogens is 3. The van der Waals surface area contributed by atoms with Gasteiger partial charge in [0.2, 0.25) is 0 Å². The SMILES string of the molecule is CCOC(=O)Nc1cc(NC(c2ccc(Cl)cc2)c2ccc(Cl)cc2)c(N)c(N)n1.Cl. The lowest BCUT2D eigenvalue weighted by atomic mass is 9.98. The summed E-state index contributed by atoms with van der Waals surface area (Å²) >= 11 is 12.1. The molecular weight excluding hydrogens is 461 g/mol. The first-order valence-electron chi connectivity index (χ1n) is 9.14. The number of ether oxygens (including phenoxy) is 1. The quantitative estimate of drug-likeness (QED) is 0.356. The molecule has 0 atom stereocenters. The fourth-order valence-electron chi connectivity index (χ4n) is 2.85. The Morgan fingerprint density at radius 3 is 2.03 bits per heavy atom. The van der Waals surface area contributed by atoms with Gasteiger partial charge in [0, 0.05) is 16.1 Å². The van der Waals surface area contributed by atoms with E-state index in [1.807, 2.05) is 24.3 Å². The fraction of sp³-hybridized carbons (Fsp3) is 0.143. The number of carbonyl (C=O) groups excluding carboxylic acids is 1. The fourth-order valence-corrected chi connectivity index (χ4v) is 3.11. The van der Waals surface area contributed by atoms with Crippen molar-refractivity contribution >= 4 is 64.7 Å². The number of rotatable bonds is 6. The zero-order chi connectivity index (χ0) is 21.7. The Kier molecular flexibility index (Phi) is 8.62. The molecule has 0 fully saturated rings. The number of nitrogens with one attached hydrogen (secondary N) is 2. The maximum atomic E-state index is 11.8. The standard InChI is InChI=1S/C21H21Cl2N5O2.ClH/c1-2-30-21(29)28-17-11-16(18(24)20(25)27-17)26-19(12-3-7-14(22)8-4-12)13-5-9-15(23)10-6-13;/h3-11,19H,2,24H2,1H3,(H4,25,26,27,28,29);1H. The van der Waals surface area contributed by atoms with Crippen molar-refractivity contribution in [3.63, 3.8) is 0 Å². The Morgan fingerprint density at radius 2 is 1.55 bits per heavy atom. The lowest BCUT2D eigenvalue weighted by molar-refractivity contribution is 0.168. The highest BCUT2D eigenvalue weighted by molar-refractivity contribution is 6.30. The molecule has 0 saturated carbocycles. The number of pyridine rings is 1. The molecule has 0 unspecified atom stereocenters. The van der Waals surface area contributed by atoms with Crippen molar-refractivity contribution in [3.05, 3.63) is 75.8 Å². The summed E-state index contributed by atoms with van der Waals surface area (Å²) in [7, 11) is 0. The van der Waals surface area contributed by atoms with E-state index in [-0.39, 0.29) is 42.4 Å². The molecule has 0 spiro atoms. The van der Waals surface area contributed by atoms with Crippen molar-refractivity contribution in [2.24, 2.45) is 0 Å². The summed E-state index contributed by atoms with van der Waals surface area (Å²) in [6, 6.07) is 16.2. The van der Waals surface area contributed by atoms with Gasteiger partial charge in [-0.15, -0.1) is 12.4 Å². The topological polar surface area (TPSA) is 115 Å². The molecule has 2 aromatic carbocycles. The molecule has 7 nitrogen and oxygen atoms in total. The number of amides is 1. The van der Waals surface area contributed by atoms with E-state index >= 15 is 0 Å². The average molecular weight is 483 g/mol. The van der Waals surface area contributed by atoms with Crippen LogP contribution in [0.3, 0.4) is 0 Å². The van der Waals surface area contributed by atoms with Crippen LogP contribution in [0.25, 0.3) is 0 Å². The van der Waals surface area contributed by atoms with Crippen LogP contribution in [0.5, 0.6) is 0 Å². The first-order valence-corrected chi connectivity index (χ1v) is 9.90. The highest BCUT2D eigenvalue weighted by Crippen LogP contribution is 2.34. The van der Waals surface area contributed by atoms with Crippen molar-refractivity contribution in [3.8, 4) is 0 Å². The molecule has 1 amide bonds. The third-order valence-corrected chi connectivity index (χ3v) is 4.80. The molecular formula is C21H22Cl3N5O2. The zero-order valence-corrected chi connectivity index (χ0v) is 18.9. The summed E-state index contributed by atoms with van der Waals surface area (Å²) in [6.45, 7) is 1.94. The Balaban J connectivity index is 0.00000341. The summed E-state index contributed by atoms with van der Waals surface area (Å²) in [4.78, 5) is 15.9. The van der Waals surface area contributed by atoms with Gasteiger partial charge >= 0.3 is 6.09 Å². The number of nitrogens with zero attached hydrogens (tertiary/aromatic N) is 1. The van der Waals surface area contributed by atoms with Gasteiger partial charge in [0.05, 0.1) is 24.0 Å². The van der Waals surface area contributed by atoms with Crippen LogP contribution in [0.4, 0.5) is 27.8 Å². The highest BCUT2D eigenvalue weighted by atomic mass is 35.5. The van der Waals surface area contributed by atoms with Gasteiger partial charge in [-0.25, -0.2) is 9.78 Å². The van der Waals surface area contributed by atoms with Crippen molar-refractivity contribution in [2.45, 2.75) is 13.0 Å². The molecule has 0 aliphatic carbocycles. The van der Waals surface area contributed by atoms with Crippen molar-refractivity contribution in [1.82, 2.24) is 4.98 Å². The number of hydrogen-bond acceptors (Lipinski definition) is 6. The van der Waals surface area contributed by atoms with E-state index in [0.717, 1.165) is 11.1 Å². The number of benzene rings is 2. The summed E-state index contributed by atoms with van der Waals surface area (Å²) < 4.78 is 4.89. The van der Waals surface area contributed by atoms with E-state index < -0.39 is 6.09 Å². The zero-order valence-electron chi connectivity index (χ0n) is 16.6. The first kappa shape index (κ1) is 24.4. The van der Waals surface area contributed by atoms with Crippen LogP contribution in [0.15, 0.2) is 54.6 Å². The molecule has 0 aliphatic rings. The predicted molar refractivity (Wildman–Crippen MR) is 129 cm³/mol. The normalized spacial score (nSPS) is 10.3. The molecule has 0 radical (unpaired) electrons. The number of nitrogens with two attached hydrogens (primary N) is 2. The maximum absolute atomic E-state index is 11.8. The second-order valence-corrected chi connectivity index (χ2v) is 7.25. The third kappa shape index (κ3) is 6.30. The van der Waals surface area contributed by atoms with E-state index in [2.05, 4.69) is 15.6 Å². The van der Waals surface area contributed by atoms with E-state index in [4.69, 9.17) is 39.4 Å². The summed E-state index contributed by atoms with van der Waals surface area (Å²) in [5.74, 6) is 0.298. The molecule has 3 rings (SSSR count). The van der Waals surface area contributed by atoms with Crippen LogP contribution >= 0.6 is 35.6 Å². The van der Waals surface area contributed by atoms with Crippen LogP contribution < -0.4 is 22.1 Å². The lowest BCUT2D eigenvalue weighted by Crippen LogP contribution is -2.17. The molecule has 1 heterocycles. The average Bonchev–Trinajstić information content (AvgIpc) is 2.71. The van der Waals surface area contributed by atoms with Gasteiger partial charge in [-0.1, -0.05) is 47.5 Å². The Bertz CT molecular complexity index is 985. The summed E-state index contributed by atoms with van der Waals surface area (Å²) in [5.41, 5.74) is 14.8. The minimum Gasteiger partial charge on any atom is -0.450 e. The second kappa shape index (κ2) is 10.9. The molecule has 10 heteroatoms. The largest absolute Gasteiger partial charge is 0.450 e. The lowest BCUT2D eigenvalue weighted by Gasteiger charge is -2.23. The highest BCUT2D eigenvalue weighted by Gasteiger charge is 2.18. The van der Waals surface area contributed by atoms with Gasteiger partial charge in [0.15, 0.2) is 5.82 Å². The van der Waals surface area contributed by atoms with Gasteiger partial charge in [-0.3, -0.25) is 5.32 Å². The van der Waals surface area contributed by atoms with Gasteiger partial charge in [0.25, 0.3) is 0 Å². The molecule has 6 N–H and O–H groups in total. The Morgan fingerprint density at radius 1 is 1.03 bits per heavy atom. The molecule has 3 aromatic rings. The van der Waals surface area contributed by atoms with Crippen molar-refractivity contribution in [2.75, 3.05) is 28.7 Å². The first-order chi connectivity index (χ1) is 14.4. The predicted octanol–water partition coefficient (Wildman–Crippen LogP) is 5.74. The number of carbonyl (C=O) groups is 1. The van der Waals surface area contributed by atoms with Crippen molar-refractivity contribution < 1.29 is 9.53 Å². The van der Waals surface area contributed by atoms with Gasteiger partial charge in [-0.2, -0.15) is 0 Å². The van der Waals surface area contributed by atoms with Gasteiger partial charge in [0.1, 0.15) is 5.82 Å². The number of anilines is 4. The second-order valence-electron chi connectivity index (χ2n) is 6.38. The van der Waals surface area contributed by atoms with Crippen LogP contribution in [0.1, 0.15) is 24.1 Å². The van der Waals surface area contributed by atoms with Crippen LogP contribution in [-0.4, -0.2) is 17.7 Å². The number of hydrogen-bond donors (Lipinski definition) is 4. The van der Waals surface area contributed by atoms with E-state index in [1.54, 1.807) is 37.3 Å². The van der Waals surface area contributed by atoms with E-state index in [1.165, 1.54) is 0 Å². The monoisotopic (exact) mass is 481 g/mol. The maximum Gasteiger partial charge on any atom is 0.412 e. The smallest absolute Gasteiger partial charge is 0.412 e. The minimum absolute atomic E-state index is 0. The molecule has 1 aromatic heterocycles. The summed E-state index contributed by atoms with van der Waals surface area (Å²) in [5, 5.41) is 7.17. The van der Waals surface area contributed by atoms with Crippen LogP contribution in [0, 0.1) is 0 Å². The molecule has 0 saturated heterocycles. The van der Waals surface area contributed by atoms with E-state index in [9.17, 15) is 4.79 Å². The number of aromatic nitrogens is 1. The molecule has 0 bridgehead atoms. The third-order valence-electron chi connectivity index (χ3n) is 4.30.